The molecule has 3 aliphatic heterocycles. The number of nitrogens with zero attached hydrogens (tertiary/aromatic N) is 1. The van der Waals surface area contributed by atoms with Crippen LogP contribution in [0.1, 0.15) is 38.5 Å². The zero-order valence-corrected chi connectivity index (χ0v) is 13.7. The maximum absolute atomic E-state index is 3.44. The molecule has 1 fully saturated rings. The van der Waals surface area contributed by atoms with Gasteiger partial charge in [0, 0.05) is 35.6 Å². The van der Waals surface area contributed by atoms with Crippen LogP contribution in [0.25, 0.3) is 0 Å². The molecular weight excluding hydrogens is 292 g/mol. The molecule has 0 aromatic carbocycles. The largest absolute Gasteiger partial charge is 0.387 e. The summed E-state index contributed by atoms with van der Waals surface area (Å²) < 4.78 is 0. The maximum atomic E-state index is 3.44. The first-order chi connectivity index (χ1) is 10.4. The van der Waals surface area contributed by atoms with Gasteiger partial charge in [-0.1, -0.05) is 18.2 Å². The van der Waals surface area contributed by atoms with Crippen molar-refractivity contribution in [2.45, 2.75) is 44.6 Å². The van der Waals surface area contributed by atoms with E-state index in [1.807, 2.05) is 0 Å². The number of rotatable bonds is 0. The minimum atomic E-state index is 0. The van der Waals surface area contributed by atoms with E-state index in [1.54, 1.807) is 22.4 Å². The van der Waals surface area contributed by atoms with Crippen LogP contribution in [0.2, 0.25) is 0 Å². The van der Waals surface area contributed by atoms with Gasteiger partial charge in [-0.2, -0.15) is 0 Å². The quantitative estimate of drug-likeness (QED) is 0.721. The highest BCUT2D eigenvalue weighted by atomic mass is 35.5. The van der Waals surface area contributed by atoms with Crippen LogP contribution in [0, 0.1) is 5.92 Å². The van der Waals surface area contributed by atoms with Crippen molar-refractivity contribution in [1.82, 2.24) is 10.2 Å². The SMILES string of the molecule is C1=CC2=CCC3=C4C(CCC3)C3=CNCC=C3N4C2CC1.Cl. The Morgan fingerprint density at radius 1 is 1.18 bits per heavy atom. The fourth-order valence-corrected chi connectivity index (χ4v) is 4.85. The minimum absolute atomic E-state index is 0. The van der Waals surface area contributed by atoms with E-state index in [9.17, 15) is 0 Å². The van der Waals surface area contributed by atoms with Crippen LogP contribution in [0.5, 0.6) is 0 Å². The van der Waals surface area contributed by atoms with Crippen molar-refractivity contribution in [2.24, 2.45) is 5.92 Å². The Kier molecular flexibility index (Phi) is 3.45. The van der Waals surface area contributed by atoms with E-state index in [0.717, 1.165) is 6.54 Å². The molecule has 0 aromatic heterocycles. The van der Waals surface area contributed by atoms with Crippen molar-refractivity contribution >= 4 is 12.4 Å². The Morgan fingerprint density at radius 3 is 3.09 bits per heavy atom. The molecule has 0 radical (unpaired) electrons. The predicted molar refractivity (Wildman–Crippen MR) is 92.5 cm³/mol. The first kappa shape index (κ1) is 14.2. The Hall–Kier alpha value is -1.41. The van der Waals surface area contributed by atoms with Gasteiger partial charge in [0.25, 0.3) is 0 Å². The smallest absolute Gasteiger partial charge is 0.0588 e. The topological polar surface area (TPSA) is 15.3 Å². The zero-order valence-electron chi connectivity index (χ0n) is 12.8. The van der Waals surface area contributed by atoms with E-state index in [1.165, 1.54) is 44.2 Å². The lowest BCUT2D eigenvalue weighted by atomic mass is 9.83. The number of hydrogen-bond donors (Lipinski definition) is 1. The van der Waals surface area contributed by atoms with Crippen molar-refractivity contribution in [3.63, 3.8) is 0 Å². The fourth-order valence-electron chi connectivity index (χ4n) is 4.85. The molecule has 2 nitrogen and oxygen atoms in total. The highest BCUT2D eigenvalue weighted by Crippen LogP contribution is 2.52. The van der Waals surface area contributed by atoms with Crippen molar-refractivity contribution in [3.8, 4) is 0 Å². The molecule has 5 rings (SSSR count). The Balaban J connectivity index is 0.00000125. The lowest BCUT2D eigenvalue weighted by Gasteiger charge is -2.35. The minimum Gasteiger partial charge on any atom is -0.387 e. The molecule has 3 heteroatoms. The summed E-state index contributed by atoms with van der Waals surface area (Å²) >= 11 is 0. The normalized spacial score (nSPS) is 31.6. The second kappa shape index (κ2) is 5.34. The molecule has 116 valence electrons. The van der Waals surface area contributed by atoms with Gasteiger partial charge < -0.3 is 10.2 Å². The molecular formula is C19H23ClN2. The first-order valence-electron chi connectivity index (χ1n) is 8.45. The Morgan fingerprint density at radius 2 is 2.14 bits per heavy atom. The van der Waals surface area contributed by atoms with Crippen LogP contribution >= 0.6 is 12.4 Å². The molecule has 5 aliphatic rings. The molecule has 0 spiro atoms. The van der Waals surface area contributed by atoms with Crippen molar-refractivity contribution < 1.29 is 0 Å². The van der Waals surface area contributed by atoms with Gasteiger partial charge in [0.15, 0.2) is 0 Å². The van der Waals surface area contributed by atoms with Crippen molar-refractivity contribution in [1.29, 1.82) is 0 Å². The molecule has 0 aromatic rings. The Labute approximate surface area is 138 Å². The summed E-state index contributed by atoms with van der Waals surface area (Å²) in [6.07, 6.45) is 19.6. The molecule has 22 heavy (non-hydrogen) atoms. The standard InChI is InChI=1S/C19H22N2.ClH/c1-2-7-17-13(4-1)8-9-14-5-3-6-15-16-12-20-11-10-18(16)21(17)19(14)15;/h1,4,8,10,12,15,17,20H,2-3,5-7,9,11H2;1H. The molecule has 1 saturated heterocycles. The summed E-state index contributed by atoms with van der Waals surface area (Å²) in [5, 5.41) is 3.44. The van der Waals surface area contributed by atoms with Gasteiger partial charge in [-0.05, 0) is 55.7 Å². The number of fused-ring (bicyclic) bond motifs is 5. The third-order valence-corrected chi connectivity index (χ3v) is 5.72. The van der Waals surface area contributed by atoms with E-state index in [2.05, 4.69) is 40.7 Å². The van der Waals surface area contributed by atoms with Crippen LogP contribution in [-0.4, -0.2) is 17.5 Å². The number of dihydropyridines is 1. The summed E-state index contributed by atoms with van der Waals surface area (Å²) in [6, 6.07) is 0.582. The lowest BCUT2D eigenvalue weighted by Crippen LogP contribution is -2.34. The molecule has 0 bridgehead atoms. The molecule has 0 saturated carbocycles. The second-order valence-corrected chi connectivity index (χ2v) is 6.80. The maximum Gasteiger partial charge on any atom is 0.0588 e. The highest BCUT2D eigenvalue weighted by molar-refractivity contribution is 5.85. The number of halogens is 1. The van der Waals surface area contributed by atoms with Crippen LogP contribution in [-0.2, 0) is 0 Å². The van der Waals surface area contributed by atoms with Gasteiger partial charge in [-0.3, -0.25) is 0 Å². The fraction of sp³-hybridized carbons (Fsp3) is 0.474. The van der Waals surface area contributed by atoms with E-state index >= 15 is 0 Å². The molecule has 2 atom stereocenters. The molecule has 1 N–H and O–H groups in total. The number of nitrogens with one attached hydrogen (secondary N) is 1. The van der Waals surface area contributed by atoms with Gasteiger partial charge in [-0.25, -0.2) is 0 Å². The lowest BCUT2D eigenvalue weighted by molar-refractivity contribution is 0.334. The summed E-state index contributed by atoms with van der Waals surface area (Å²) in [6.45, 7) is 0.978. The third-order valence-electron chi connectivity index (χ3n) is 5.72. The zero-order chi connectivity index (χ0) is 13.8. The van der Waals surface area contributed by atoms with Gasteiger partial charge in [0.2, 0.25) is 0 Å². The summed E-state index contributed by atoms with van der Waals surface area (Å²) in [4.78, 5) is 2.73. The van der Waals surface area contributed by atoms with E-state index < -0.39 is 0 Å². The predicted octanol–water partition coefficient (Wildman–Crippen LogP) is 4.20. The van der Waals surface area contributed by atoms with Gasteiger partial charge in [0.05, 0.1) is 6.04 Å². The van der Waals surface area contributed by atoms with Crippen LogP contribution in [0.3, 0.4) is 0 Å². The van der Waals surface area contributed by atoms with E-state index in [-0.39, 0.29) is 12.4 Å². The molecule has 0 amide bonds. The van der Waals surface area contributed by atoms with Gasteiger partial charge in [0.1, 0.15) is 0 Å². The van der Waals surface area contributed by atoms with Crippen LogP contribution < -0.4 is 5.32 Å². The molecule has 3 heterocycles. The average molecular weight is 315 g/mol. The van der Waals surface area contributed by atoms with E-state index in [0.29, 0.717) is 12.0 Å². The first-order valence-corrected chi connectivity index (χ1v) is 8.45. The molecule has 2 aliphatic carbocycles. The van der Waals surface area contributed by atoms with Crippen LogP contribution in [0.15, 0.2) is 58.6 Å². The number of allylic oxidation sites excluding steroid dienone is 5. The third kappa shape index (κ3) is 1.86. The van der Waals surface area contributed by atoms with Crippen LogP contribution in [0.4, 0.5) is 0 Å². The molecule has 2 unspecified atom stereocenters. The Bertz CT molecular complexity index is 650. The van der Waals surface area contributed by atoms with Gasteiger partial charge >= 0.3 is 0 Å². The van der Waals surface area contributed by atoms with Crippen molar-refractivity contribution in [3.05, 3.63) is 58.6 Å². The monoisotopic (exact) mass is 314 g/mol. The highest BCUT2D eigenvalue weighted by Gasteiger charge is 2.44. The van der Waals surface area contributed by atoms with Gasteiger partial charge in [-0.15, -0.1) is 12.4 Å². The van der Waals surface area contributed by atoms with Crippen molar-refractivity contribution in [2.75, 3.05) is 6.54 Å². The van der Waals surface area contributed by atoms with E-state index in [4.69, 9.17) is 0 Å². The number of hydrogen-bond acceptors (Lipinski definition) is 2. The summed E-state index contributed by atoms with van der Waals surface area (Å²) in [7, 11) is 0. The summed E-state index contributed by atoms with van der Waals surface area (Å²) in [5.41, 5.74) is 8.01. The second-order valence-electron chi connectivity index (χ2n) is 6.80. The average Bonchev–Trinajstić information content (AvgIpc) is 2.78. The summed E-state index contributed by atoms with van der Waals surface area (Å²) in [5.74, 6) is 0.659.